The molecule has 1 atom stereocenters. The SMILES string of the molecule is CC(=CCOS(C)(=O)=O)COC1CCCCO1. The quantitative estimate of drug-likeness (QED) is 0.537. The monoisotopic (exact) mass is 264 g/mol. The van der Waals surface area contributed by atoms with Gasteiger partial charge in [-0.25, -0.2) is 0 Å². The average Bonchev–Trinajstić information content (AvgIpc) is 2.26. The van der Waals surface area contributed by atoms with Crippen LogP contribution in [0.3, 0.4) is 0 Å². The second-order valence-corrected chi connectivity index (χ2v) is 5.79. The molecular formula is C11H20O5S. The summed E-state index contributed by atoms with van der Waals surface area (Å²) < 4.78 is 37.0. The summed E-state index contributed by atoms with van der Waals surface area (Å²) >= 11 is 0. The predicted octanol–water partition coefficient (Wildman–Crippen LogP) is 1.45. The van der Waals surface area contributed by atoms with Gasteiger partial charge >= 0.3 is 0 Å². The van der Waals surface area contributed by atoms with E-state index in [9.17, 15) is 8.42 Å². The first kappa shape index (κ1) is 14.6. The van der Waals surface area contributed by atoms with Gasteiger partial charge < -0.3 is 9.47 Å². The fourth-order valence-electron chi connectivity index (χ4n) is 1.43. The first-order valence-corrected chi connectivity index (χ1v) is 7.52. The molecule has 100 valence electrons. The summed E-state index contributed by atoms with van der Waals surface area (Å²) in [6.45, 7) is 3.12. The number of rotatable bonds is 6. The van der Waals surface area contributed by atoms with E-state index >= 15 is 0 Å². The lowest BCUT2D eigenvalue weighted by molar-refractivity contribution is -0.156. The molecule has 5 nitrogen and oxygen atoms in total. The fraction of sp³-hybridized carbons (Fsp3) is 0.818. The highest BCUT2D eigenvalue weighted by Crippen LogP contribution is 2.14. The minimum absolute atomic E-state index is 0.0551. The molecular weight excluding hydrogens is 244 g/mol. The zero-order chi connectivity index (χ0) is 12.7. The van der Waals surface area contributed by atoms with E-state index in [-0.39, 0.29) is 12.9 Å². The van der Waals surface area contributed by atoms with Gasteiger partial charge in [-0.2, -0.15) is 8.42 Å². The predicted molar refractivity (Wildman–Crippen MR) is 64.1 cm³/mol. The Morgan fingerprint density at radius 1 is 1.47 bits per heavy atom. The van der Waals surface area contributed by atoms with E-state index in [1.165, 1.54) is 0 Å². The summed E-state index contributed by atoms with van der Waals surface area (Å²) in [5, 5.41) is 0. The molecule has 0 aromatic rings. The molecule has 1 heterocycles. The third kappa shape index (κ3) is 7.49. The minimum atomic E-state index is -3.37. The summed E-state index contributed by atoms with van der Waals surface area (Å²) in [7, 11) is -3.37. The molecule has 1 fully saturated rings. The summed E-state index contributed by atoms with van der Waals surface area (Å²) in [5.74, 6) is 0. The Labute approximate surface area is 103 Å². The van der Waals surface area contributed by atoms with Crippen LogP contribution in [0.4, 0.5) is 0 Å². The lowest BCUT2D eigenvalue weighted by Gasteiger charge is -2.22. The molecule has 0 saturated carbocycles. The van der Waals surface area contributed by atoms with E-state index in [0.717, 1.165) is 37.7 Å². The van der Waals surface area contributed by atoms with Crippen LogP contribution >= 0.6 is 0 Å². The fourth-order valence-corrected chi connectivity index (χ4v) is 1.74. The van der Waals surface area contributed by atoms with E-state index < -0.39 is 10.1 Å². The second-order valence-electron chi connectivity index (χ2n) is 4.15. The number of hydrogen-bond donors (Lipinski definition) is 0. The normalized spacial score (nSPS) is 22.7. The van der Waals surface area contributed by atoms with E-state index in [2.05, 4.69) is 4.18 Å². The summed E-state index contributed by atoms with van der Waals surface area (Å²) in [4.78, 5) is 0. The number of hydrogen-bond acceptors (Lipinski definition) is 5. The van der Waals surface area contributed by atoms with Crippen LogP contribution in [0.15, 0.2) is 11.6 Å². The standard InChI is InChI=1S/C11H20O5S/c1-10(6-8-16-17(2,12)13)9-15-11-5-3-4-7-14-11/h6,11H,3-5,7-9H2,1-2H3. The molecule has 1 unspecified atom stereocenters. The highest BCUT2D eigenvalue weighted by atomic mass is 32.2. The van der Waals surface area contributed by atoms with Gasteiger partial charge in [0.15, 0.2) is 6.29 Å². The molecule has 1 saturated heterocycles. The van der Waals surface area contributed by atoms with Gasteiger partial charge in [-0.15, -0.1) is 0 Å². The van der Waals surface area contributed by atoms with Gasteiger partial charge in [0.2, 0.25) is 0 Å². The summed E-state index contributed by atoms with van der Waals surface area (Å²) in [5.41, 5.74) is 0.933. The maximum absolute atomic E-state index is 10.7. The highest BCUT2D eigenvalue weighted by molar-refractivity contribution is 7.85. The Kier molecular flexibility index (Phi) is 6.11. The molecule has 0 N–H and O–H groups in total. The maximum Gasteiger partial charge on any atom is 0.264 e. The van der Waals surface area contributed by atoms with Gasteiger partial charge in [0, 0.05) is 6.61 Å². The molecule has 0 bridgehead atoms. The molecule has 0 aromatic carbocycles. The van der Waals surface area contributed by atoms with Crippen molar-refractivity contribution in [2.45, 2.75) is 32.5 Å². The van der Waals surface area contributed by atoms with Crippen molar-refractivity contribution in [1.29, 1.82) is 0 Å². The first-order chi connectivity index (χ1) is 7.97. The molecule has 0 radical (unpaired) electrons. The molecule has 1 aliphatic rings. The Hall–Kier alpha value is -0.430. The van der Waals surface area contributed by atoms with Crippen LogP contribution in [0, 0.1) is 0 Å². The third-order valence-electron chi connectivity index (χ3n) is 2.35. The molecule has 0 aliphatic carbocycles. The molecule has 6 heteroatoms. The lowest BCUT2D eigenvalue weighted by Crippen LogP contribution is -2.22. The van der Waals surface area contributed by atoms with Gasteiger partial charge in [0.05, 0.1) is 19.5 Å². The van der Waals surface area contributed by atoms with Crippen LogP contribution in [-0.4, -0.2) is 40.8 Å². The first-order valence-electron chi connectivity index (χ1n) is 5.70. The smallest absolute Gasteiger partial charge is 0.264 e. The van der Waals surface area contributed by atoms with Crippen LogP contribution in [0.25, 0.3) is 0 Å². The van der Waals surface area contributed by atoms with Crippen LogP contribution in [0.1, 0.15) is 26.2 Å². The van der Waals surface area contributed by atoms with E-state index in [1.54, 1.807) is 6.08 Å². The molecule has 0 amide bonds. The van der Waals surface area contributed by atoms with Crippen molar-refractivity contribution < 1.29 is 22.1 Å². The van der Waals surface area contributed by atoms with Crippen LogP contribution in [0.5, 0.6) is 0 Å². The Balaban J connectivity index is 2.19. The van der Waals surface area contributed by atoms with Gasteiger partial charge in [-0.3, -0.25) is 4.18 Å². The van der Waals surface area contributed by atoms with Gasteiger partial charge in [-0.05, 0) is 31.8 Å². The van der Waals surface area contributed by atoms with Crippen molar-refractivity contribution in [2.75, 3.05) is 26.1 Å². The van der Waals surface area contributed by atoms with Crippen LogP contribution < -0.4 is 0 Å². The van der Waals surface area contributed by atoms with E-state index in [4.69, 9.17) is 9.47 Å². The van der Waals surface area contributed by atoms with Crippen molar-refractivity contribution in [2.24, 2.45) is 0 Å². The average molecular weight is 264 g/mol. The number of ether oxygens (including phenoxy) is 2. The summed E-state index contributed by atoms with van der Waals surface area (Å²) in [6, 6.07) is 0. The Morgan fingerprint density at radius 3 is 2.82 bits per heavy atom. The third-order valence-corrected chi connectivity index (χ3v) is 2.91. The highest BCUT2D eigenvalue weighted by Gasteiger charge is 2.13. The van der Waals surface area contributed by atoms with Crippen molar-refractivity contribution in [3.05, 3.63) is 11.6 Å². The van der Waals surface area contributed by atoms with Crippen LogP contribution in [0.2, 0.25) is 0 Å². The molecule has 0 aromatic heterocycles. The van der Waals surface area contributed by atoms with E-state index in [0.29, 0.717) is 6.61 Å². The minimum Gasteiger partial charge on any atom is -0.353 e. The zero-order valence-corrected chi connectivity index (χ0v) is 11.2. The molecule has 0 spiro atoms. The second kappa shape index (κ2) is 7.10. The Morgan fingerprint density at radius 2 is 2.24 bits per heavy atom. The van der Waals surface area contributed by atoms with Gasteiger partial charge in [0.25, 0.3) is 10.1 Å². The lowest BCUT2D eigenvalue weighted by atomic mass is 10.2. The topological polar surface area (TPSA) is 61.8 Å². The summed E-state index contributed by atoms with van der Waals surface area (Å²) in [6.07, 6.45) is 5.75. The largest absolute Gasteiger partial charge is 0.353 e. The van der Waals surface area contributed by atoms with Crippen molar-refractivity contribution in [1.82, 2.24) is 0 Å². The zero-order valence-electron chi connectivity index (χ0n) is 10.3. The van der Waals surface area contributed by atoms with E-state index in [1.807, 2.05) is 6.92 Å². The molecule has 1 aliphatic heterocycles. The van der Waals surface area contributed by atoms with Crippen molar-refractivity contribution in [3.63, 3.8) is 0 Å². The van der Waals surface area contributed by atoms with Crippen molar-refractivity contribution in [3.8, 4) is 0 Å². The maximum atomic E-state index is 10.7. The van der Waals surface area contributed by atoms with Crippen molar-refractivity contribution >= 4 is 10.1 Å². The Bertz CT molecular complexity index is 341. The van der Waals surface area contributed by atoms with Crippen LogP contribution in [-0.2, 0) is 23.8 Å². The molecule has 1 rings (SSSR count). The molecule has 17 heavy (non-hydrogen) atoms. The van der Waals surface area contributed by atoms with Gasteiger partial charge in [0.1, 0.15) is 0 Å². The van der Waals surface area contributed by atoms with Gasteiger partial charge in [-0.1, -0.05) is 6.08 Å².